The lowest BCUT2D eigenvalue weighted by Crippen LogP contribution is -2.08. The van der Waals surface area contributed by atoms with Gasteiger partial charge in [0.1, 0.15) is 0 Å². The Kier molecular flexibility index (Phi) is 3.52. The lowest BCUT2D eigenvalue weighted by atomic mass is 10.00. The molecule has 4 nitrogen and oxygen atoms in total. The summed E-state index contributed by atoms with van der Waals surface area (Å²) in [4.78, 5) is 0. The summed E-state index contributed by atoms with van der Waals surface area (Å²) in [6.07, 6.45) is 1.51. The van der Waals surface area contributed by atoms with Crippen molar-refractivity contribution in [2.24, 2.45) is 0 Å². The monoisotopic (exact) mass is 264 g/mol. The minimum atomic E-state index is -2.60. The fraction of sp³-hybridized carbons (Fsp3) is 0.308. The van der Waals surface area contributed by atoms with Gasteiger partial charge in [0.2, 0.25) is 0 Å². The average Bonchev–Trinajstić information content (AvgIpc) is 2.71. The van der Waals surface area contributed by atoms with E-state index in [9.17, 15) is 8.42 Å². The summed E-state index contributed by atoms with van der Waals surface area (Å²) in [6.45, 7) is 6.62. The van der Waals surface area contributed by atoms with Crippen LogP contribution in [0.2, 0.25) is 0 Å². The quantitative estimate of drug-likeness (QED) is 0.860. The summed E-state index contributed by atoms with van der Waals surface area (Å²) in [6, 6.07) is 5.72. The fourth-order valence-corrected chi connectivity index (χ4v) is 2.71. The maximum atomic E-state index is 11.1. The average molecular weight is 264 g/mol. The van der Waals surface area contributed by atoms with E-state index in [1.54, 1.807) is 0 Å². The largest absolute Gasteiger partial charge is 0.250 e. The number of aromatic nitrogens is 2. The zero-order chi connectivity index (χ0) is 13.3. The molecule has 2 aromatic rings. The summed E-state index contributed by atoms with van der Waals surface area (Å²) >= 11 is 0. The van der Waals surface area contributed by atoms with Crippen molar-refractivity contribution in [3.05, 3.63) is 46.6 Å². The highest BCUT2D eigenvalue weighted by atomic mass is 32.2. The van der Waals surface area contributed by atoms with Gasteiger partial charge in [0.05, 0.1) is 12.7 Å². The van der Waals surface area contributed by atoms with Crippen molar-refractivity contribution in [1.82, 2.24) is 9.78 Å². The van der Waals surface area contributed by atoms with Gasteiger partial charge in [-0.2, -0.15) is 5.10 Å². The van der Waals surface area contributed by atoms with Gasteiger partial charge in [-0.3, -0.25) is 0 Å². The van der Waals surface area contributed by atoms with Crippen LogP contribution < -0.4 is 0 Å². The molecule has 1 aromatic carbocycles. The van der Waals surface area contributed by atoms with Gasteiger partial charge in [0, 0.05) is 0 Å². The molecule has 0 saturated carbocycles. The maximum absolute atomic E-state index is 11.1. The predicted octanol–water partition coefficient (Wildman–Crippen LogP) is 1.83. The van der Waals surface area contributed by atoms with Gasteiger partial charge in [-0.1, -0.05) is 17.7 Å². The van der Waals surface area contributed by atoms with Gasteiger partial charge in [-0.05, 0) is 43.5 Å². The Bertz CT molecular complexity index is 626. The Morgan fingerprint density at radius 3 is 2.33 bits per heavy atom. The second kappa shape index (κ2) is 4.94. The van der Waals surface area contributed by atoms with Crippen molar-refractivity contribution in [3.8, 4) is 0 Å². The van der Waals surface area contributed by atoms with Crippen LogP contribution in [-0.2, 0) is 17.2 Å². The summed E-state index contributed by atoms with van der Waals surface area (Å²) in [7, 11) is -2.60. The molecule has 0 atom stereocenters. The molecule has 0 N–H and O–H groups in total. The molecule has 0 aliphatic heterocycles. The zero-order valence-corrected chi connectivity index (χ0v) is 11.6. The summed E-state index contributed by atoms with van der Waals surface area (Å²) in [5.41, 5.74) is 4.66. The topological polar surface area (TPSA) is 52.0 Å². The number of thiol groups is 1. The number of rotatable bonds is 3. The molecule has 96 valence electrons. The van der Waals surface area contributed by atoms with Crippen LogP contribution in [-0.4, -0.2) is 18.2 Å². The van der Waals surface area contributed by atoms with Gasteiger partial charge in [-0.15, -0.1) is 0 Å². The Balaban J connectivity index is 2.43. The van der Waals surface area contributed by atoms with Gasteiger partial charge in [0.25, 0.3) is 0 Å². The Morgan fingerprint density at radius 2 is 1.78 bits per heavy atom. The maximum Gasteiger partial charge on any atom is 0.185 e. The third kappa shape index (κ3) is 2.46. The van der Waals surface area contributed by atoms with Crippen molar-refractivity contribution in [2.45, 2.75) is 32.3 Å². The fourth-order valence-electron chi connectivity index (χ4n) is 2.21. The van der Waals surface area contributed by atoms with E-state index in [1.807, 2.05) is 13.8 Å². The van der Waals surface area contributed by atoms with E-state index in [0.717, 1.165) is 16.7 Å². The normalized spacial score (nSPS) is 11.1. The molecule has 18 heavy (non-hydrogen) atoms. The number of aryl methyl sites for hydroxylation is 3. The summed E-state index contributed by atoms with van der Waals surface area (Å²) in [5, 5.41) is 4.32. The first kappa shape index (κ1) is 12.8. The van der Waals surface area contributed by atoms with Crippen LogP contribution in [0.1, 0.15) is 22.3 Å². The lowest BCUT2D eigenvalue weighted by Gasteiger charge is -2.12. The van der Waals surface area contributed by atoms with E-state index >= 15 is 0 Å². The van der Waals surface area contributed by atoms with Crippen molar-refractivity contribution in [1.29, 1.82) is 0 Å². The number of hydrogen-bond acceptors (Lipinski definition) is 3. The first-order valence-corrected chi connectivity index (χ1v) is 6.89. The Hall–Kier alpha value is -1.62. The highest BCUT2D eigenvalue weighted by Crippen LogP contribution is 2.18. The van der Waals surface area contributed by atoms with E-state index in [1.165, 1.54) is 22.5 Å². The van der Waals surface area contributed by atoms with Crippen molar-refractivity contribution in [3.63, 3.8) is 0 Å². The first-order chi connectivity index (χ1) is 8.49. The smallest absolute Gasteiger partial charge is 0.185 e. The highest BCUT2D eigenvalue weighted by Gasteiger charge is 2.09. The number of hydrogen-bond donors (Lipinski definition) is 1. The molecule has 1 aromatic heterocycles. The minimum absolute atomic E-state index is 0.254. The SMILES string of the molecule is Cc1cc(C)c(Cn2nccc2[SH](=O)=O)c(C)c1. The Labute approximate surface area is 108 Å². The third-order valence-corrected chi connectivity index (χ3v) is 3.78. The predicted molar refractivity (Wildman–Crippen MR) is 70.6 cm³/mol. The van der Waals surface area contributed by atoms with E-state index in [4.69, 9.17) is 0 Å². The van der Waals surface area contributed by atoms with E-state index in [-0.39, 0.29) is 5.03 Å². The molecule has 0 spiro atoms. The molecule has 2 rings (SSSR count). The van der Waals surface area contributed by atoms with E-state index in [2.05, 4.69) is 24.2 Å². The van der Waals surface area contributed by atoms with Crippen LogP contribution in [0.25, 0.3) is 0 Å². The minimum Gasteiger partial charge on any atom is -0.250 e. The Morgan fingerprint density at radius 1 is 1.17 bits per heavy atom. The van der Waals surface area contributed by atoms with Gasteiger partial charge < -0.3 is 0 Å². The molecule has 0 unspecified atom stereocenters. The van der Waals surface area contributed by atoms with Crippen LogP contribution >= 0.6 is 0 Å². The van der Waals surface area contributed by atoms with Crippen LogP contribution in [0, 0.1) is 20.8 Å². The van der Waals surface area contributed by atoms with Crippen LogP contribution in [0.4, 0.5) is 0 Å². The van der Waals surface area contributed by atoms with Crippen LogP contribution in [0.15, 0.2) is 29.4 Å². The van der Waals surface area contributed by atoms with Gasteiger partial charge >= 0.3 is 0 Å². The molecular weight excluding hydrogens is 248 g/mol. The molecule has 0 radical (unpaired) electrons. The van der Waals surface area contributed by atoms with Gasteiger partial charge in [-0.25, -0.2) is 13.1 Å². The lowest BCUT2D eigenvalue weighted by molar-refractivity contribution is 0.577. The summed E-state index contributed by atoms with van der Waals surface area (Å²) < 4.78 is 23.7. The highest BCUT2D eigenvalue weighted by molar-refractivity contribution is 7.72. The van der Waals surface area contributed by atoms with Gasteiger partial charge in [0.15, 0.2) is 15.7 Å². The van der Waals surface area contributed by atoms with Crippen molar-refractivity contribution < 1.29 is 8.42 Å². The second-order valence-corrected chi connectivity index (χ2v) is 5.45. The first-order valence-electron chi connectivity index (χ1n) is 5.72. The summed E-state index contributed by atoms with van der Waals surface area (Å²) in [5.74, 6) is 0. The second-order valence-electron chi connectivity index (χ2n) is 4.48. The third-order valence-electron chi connectivity index (χ3n) is 3.03. The molecule has 0 aliphatic rings. The van der Waals surface area contributed by atoms with Crippen LogP contribution in [0.5, 0.6) is 0 Å². The molecule has 0 saturated heterocycles. The molecule has 1 heterocycles. The molecule has 0 fully saturated rings. The molecular formula is C13H16N2O2S. The molecule has 0 amide bonds. The number of benzene rings is 1. The zero-order valence-electron chi connectivity index (χ0n) is 10.7. The van der Waals surface area contributed by atoms with E-state index < -0.39 is 10.7 Å². The van der Waals surface area contributed by atoms with Crippen molar-refractivity contribution >= 4 is 10.7 Å². The standard InChI is InChI=1S/C13H16N2O2S/c1-9-6-10(2)12(11(3)7-9)8-15-13(18(16)17)4-5-14-15/h4-7,18H,8H2,1-3H3. The molecule has 5 heteroatoms. The number of nitrogens with zero attached hydrogens (tertiary/aromatic N) is 2. The molecule has 0 bridgehead atoms. The molecule has 0 aliphatic carbocycles. The van der Waals surface area contributed by atoms with E-state index in [0.29, 0.717) is 6.54 Å². The van der Waals surface area contributed by atoms with Crippen molar-refractivity contribution in [2.75, 3.05) is 0 Å². The van der Waals surface area contributed by atoms with Crippen LogP contribution in [0.3, 0.4) is 0 Å².